The summed E-state index contributed by atoms with van der Waals surface area (Å²) in [6.45, 7) is 7.08. The summed E-state index contributed by atoms with van der Waals surface area (Å²) in [6.07, 6.45) is 3.63. The fourth-order valence-electron chi connectivity index (χ4n) is 2.62. The normalized spacial score (nSPS) is 12.0. The topological polar surface area (TPSA) is 56.7 Å². The van der Waals surface area contributed by atoms with Gasteiger partial charge in [-0.2, -0.15) is 0 Å². The van der Waals surface area contributed by atoms with Crippen molar-refractivity contribution < 1.29 is 0 Å². The molecular formula is C17H20N4. The lowest BCUT2D eigenvalue weighted by Crippen LogP contribution is -2.22. The van der Waals surface area contributed by atoms with Crippen molar-refractivity contribution >= 4 is 11.0 Å². The lowest BCUT2D eigenvalue weighted by molar-refractivity contribution is 0.413. The highest BCUT2D eigenvalue weighted by atomic mass is 15.1. The van der Waals surface area contributed by atoms with Crippen LogP contribution in [0.2, 0.25) is 0 Å². The Morgan fingerprint density at radius 3 is 2.62 bits per heavy atom. The molecule has 2 heterocycles. The minimum absolute atomic E-state index is 0.0653. The third kappa shape index (κ3) is 2.43. The van der Waals surface area contributed by atoms with Crippen LogP contribution in [0.1, 0.15) is 26.3 Å². The maximum atomic E-state index is 5.74. The number of imidazole rings is 1. The van der Waals surface area contributed by atoms with E-state index in [4.69, 9.17) is 10.7 Å². The molecule has 0 saturated heterocycles. The second-order valence-electron chi connectivity index (χ2n) is 6.21. The third-order valence-corrected chi connectivity index (χ3v) is 3.55. The fourth-order valence-corrected chi connectivity index (χ4v) is 2.62. The van der Waals surface area contributed by atoms with Gasteiger partial charge in [0.2, 0.25) is 0 Å². The smallest absolute Gasteiger partial charge is 0.143 e. The number of benzene rings is 1. The Kier molecular flexibility index (Phi) is 3.26. The molecule has 2 aromatic heterocycles. The number of hydrogen-bond acceptors (Lipinski definition) is 3. The molecule has 1 aromatic carbocycles. The molecule has 0 fully saturated rings. The first-order valence-electron chi connectivity index (χ1n) is 7.13. The average molecular weight is 280 g/mol. The van der Waals surface area contributed by atoms with Crippen LogP contribution in [-0.4, -0.2) is 14.5 Å². The van der Waals surface area contributed by atoms with Crippen LogP contribution in [0, 0.1) is 0 Å². The summed E-state index contributed by atoms with van der Waals surface area (Å²) in [6, 6.07) is 10.2. The largest absolute Gasteiger partial charge is 0.326 e. The van der Waals surface area contributed by atoms with Crippen LogP contribution < -0.4 is 5.73 Å². The van der Waals surface area contributed by atoms with E-state index in [9.17, 15) is 0 Å². The van der Waals surface area contributed by atoms with Crippen molar-refractivity contribution in [3.8, 4) is 11.4 Å². The zero-order valence-corrected chi connectivity index (χ0v) is 12.7. The van der Waals surface area contributed by atoms with E-state index in [1.807, 2.05) is 18.3 Å². The molecule has 21 heavy (non-hydrogen) atoms. The van der Waals surface area contributed by atoms with Crippen molar-refractivity contribution in [2.75, 3.05) is 0 Å². The van der Waals surface area contributed by atoms with Crippen molar-refractivity contribution in [3.05, 3.63) is 48.3 Å². The van der Waals surface area contributed by atoms with Crippen molar-refractivity contribution in [1.29, 1.82) is 0 Å². The lowest BCUT2D eigenvalue weighted by atomic mass is 10.1. The number of rotatable bonds is 2. The van der Waals surface area contributed by atoms with Crippen LogP contribution >= 0.6 is 0 Å². The minimum Gasteiger partial charge on any atom is -0.326 e. The Labute approximate surface area is 124 Å². The second kappa shape index (κ2) is 4.97. The molecule has 0 aliphatic rings. The van der Waals surface area contributed by atoms with E-state index in [2.05, 4.69) is 48.5 Å². The maximum absolute atomic E-state index is 5.74. The molecule has 0 aliphatic heterocycles. The van der Waals surface area contributed by atoms with Gasteiger partial charge in [-0.25, -0.2) is 4.98 Å². The molecule has 0 spiro atoms. The van der Waals surface area contributed by atoms with E-state index in [0.29, 0.717) is 6.54 Å². The quantitative estimate of drug-likeness (QED) is 0.783. The van der Waals surface area contributed by atoms with Gasteiger partial charge in [0.1, 0.15) is 5.82 Å². The van der Waals surface area contributed by atoms with Crippen LogP contribution in [0.25, 0.3) is 22.4 Å². The maximum Gasteiger partial charge on any atom is 0.143 e. The summed E-state index contributed by atoms with van der Waals surface area (Å²) in [5, 5.41) is 0. The first-order chi connectivity index (χ1) is 10.0. The minimum atomic E-state index is -0.0653. The molecule has 4 nitrogen and oxygen atoms in total. The van der Waals surface area contributed by atoms with E-state index in [1.54, 1.807) is 6.20 Å². The molecule has 0 amide bonds. The van der Waals surface area contributed by atoms with Crippen LogP contribution in [-0.2, 0) is 12.1 Å². The van der Waals surface area contributed by atoms with Gasteiger partial charge >= 0.3 is 0 Å². The van der Waals surface area contributed by atoms with E-state index in [0.717, 1.165) is 28.0 Å². The molecule has 0 aliphatic carbocycles. The number of pyridine rings is 1. The first-order valence-corrected chi connectivity index (χ1v) is 7.13. The van der Waals surface area contributed by atoms with Gasteiger partial charge in [-0.05, 0) is 50.6 Å². The molecular weight excluding hydrogens is 260 g/mol. The predicted octanol–water partition coefficient (Wildman–Crippen LogP) is 3.31. The van der Waals surface area contributed by atoms with Crippen molar-refractivity contribution in [1.82, 2.24) is 14.5 Å². The summed E-state index contributed by atoms with van der Waals surface area (Å²) in [4.78, 5) is 9.04. The highest BCUT2D eigenvalue weighted by Crippen LogP contribution is 2.31. The second-order valence-corrected chi connectivity index (χ2v) is 6.21. The molecule has 0 atom stereocenters. The Morgan fingerprint density at radius 1 is 1.19 bits per heavy atom. The number of nitrogens with zero attached hydrogens (tertiary/aromatic N) is 3. The SMILES string of the molecule is CC(C)(C)n1c(-c2cccnc2)nc2cc(CN)ccc21. The molecule has 0 bridgehead atoms. The van der Waals surface area contributed by atoms with E-state index in [-0.39, 0.29) is 5.54 Å². The Morgan fingerprint density at radius 2 is 2.00 bits per heavy atom. The zero-order valence-electron chi connectivity index (χ0n) is 12.7. The molecule has 0 radical (unpaired) electrons. The van der Waals surface area contributed by atoms with Gasteiger partial charge in [-0.1, -0.05) is 6.07 Å². The molecule has 2 N–H and O–H groups in total. The van der Waals surface area contributed by atoms with Crippen LogP contribution in [0.5, 0.6) is 0 Å². The molecule has 3 aromatic rings. The summed E-state index contributed by atoms with van der Waals surface area (Å²) < 4.78 is 2.26. The van der Waals surface area contributed by atoms with Gasteiger partial charge in [0.15, 0.2) is 0 Å². The average Bonchev–Trinajstić information content (AvgIpc) is 2.86. The Hall–Kier alpha value is -2.20. The van der Waals surface area contributed by atoms with Crippen LogP contribution in [0.4, 0.5) is 0 Å². The first kappa shape index (κ1) is 13.8. The number of fused-ring (bicyclic) bond motifs is 1. The molecule has 0 saturated carbocycles. The van der Waals surface area contributed by atoms with Crippen LogP contribution in [0.3, 0.4) is 0 Å². The summed E-state index contributed by atoms with van der Waals surface area (Å²) in [5.74, 6) is 0.944. The van der Waals surface area contributed by atoms with Gasteiger partial charge in [0, 0.05) is 30.0 Å². The summed E-state index contributed by atoms with van der Waals surface area (Å²) >= 11 is 0. The molecule has 4 heteroatoms. The summed E-state index contributed by atoms with van der Waals surface area (Å²) in [5.41, 5.74) is 9.90. The highest BCUT2D eigenvalue weighted by Gasteiger charge is 2.22. The lowest BCUT2D eigenvalue weighted by Gasteiger charge is -2.24. The van der Waals surface area contributed by atoms with Crippen molar-refractivity contribution in [2.24, 2.45) is 5.73 Å². The Bertz CT molecular complexity index is 767. The van der Waals surface area contributed by atoms with Crippen molar-refractivity contribution in [2.45, 2.75) is 32.9 Å². The predicted molar refractivity (Wildman–Crippen MR) is 85.9 cm³/mol. The molecule has 108 valence electrons. The van der Waals surface area contributed by atoms with Gasteiger partial charge in [-0.15, -0.1) is 0 Å². The Balaban J connectivity index is 2.33. The van der Waals surface area contributed by atoms with Gasteiger partial charge in [-0.3, -0.25) is 4.98 Å². The third-order valence-electron chi connectivity index (χ3n) is 3.55. The number of aromatic nitrogens is 3. The van der Waals surface area contributed by atoms with Crippen LogP contribution in [0.15, 0.2) is 42.7 Å². The monoisotopic (exact) mass is 280 g/mol. The number of nitrogens with two attached hydrogens (primary N) is 1. The summed E-state index contributed by atoms with van der Waals surface area (Å²) in [7, 11) is 0. The van der Waals surface area contributed by atoms with Crippen molar-refractivity contribution in [3.63, 3.8) is 0 Å². The number of hydrogen-bond donors (Lipinski definition) is 1. The zero-order chi connectivity index (χ0) is 15.0. The fraction of sp³-hybridized carbons (Fsp3) is 0.294. The molecule has 3 rings (SSSR count). The van der Waals surface area contributed by atoms with E-state index >= 15 is 0 Å². The van der Waals surface area contributed by atoms with E-state index in [1.165, 1.54) is 0 Å². The van der Waals surface area contributed by atoms with E-state index < -0.39 is 0 Å². The molecule has 0 unspecified atom stereocenters. The van der Waals surface area contributed by atoms with Gasteiger partial charge in [0.05, 0.1) is 11.0 Å². The van der Waals surface area contributed by atoms with Gasteiger partial charge in [0.25, 0.3) is 0 Å². The van der Waals surface area contributed by atoms with Gasteiger partial charge < -0.3 is 10.3 Å². The standard InChI is InChI=1S/C17H20N4/c1-17(2,3)21-15-7-6-12(10-18)9-14(15)20-16(21)13-5-4-8-19-11-13/h4-9,11H,10,18H2,1-3H3. The highest BCUT2D eigenvalue weighted by molar-refractivity contribution is 5.81.